The number of hydrogen-bond donors (Lipinski definition) is 1. The zero-order valence-electron chi connectivity index (χ0n) is 11.6. The van der Waals surface area contributed by atoms with Gasteiger partial charge in [-0.15, -0.1) is 0 Å². The van der Waals surface area contributed by atoms with Crippen molar-refractivity contribution in [1.29, 1.82) is 0 Å². The summed E-state index contributed by atoms with van der Waals surface area (Å²) in [6.45, 7) is 2.12. The van der Waals surface area contributed by atoms with Crippen LogP contribution >= 0.6 is 0 Å². The molecule has 1 aliphatic rings. The van der Waals surface area contributed by atoms with Crippen LogP contribution in [0.2, 0.25) is 0 Å². The van der Waals surface area contributed by atoms with Crippen molar-refractivity contribution in [3.05, 3.63) is 11.7 Å². The van der Waals surface area contributed by atoms with Crippen LogP contribution in [0.3, 0.4) is 0 Å². The molecule has 102 valence electrons. The van der Waals surface area contributed by atoms with Gasteiger partial charge < -0.3 is 9.84 Å². The third-order valence-electron chi connectivity index (χ3n) is 3.93. The Morgan fingerprint density at radius 3 is 2.56 bits per heavy atom. The standard InChI is InChI=1S/C14H25N3O/c1-11(15-2)10-13-16-14(17-18-13)12-8-6-4-3-5-7-9-12/h11-12,15H,3-10H2,1-2H3. The molecule has 18 heavy (non-hydrogen) atoms. The van der Waals surface area contributed by atoms with Crippen LogP contribution in [0, 0.1) is 0 Å². The molecule has 0 amide bonds. The summed E-state index contributed by atoms with van der Waals surface area (Å²) in [5.41, 5.74) is 0. The van der Waals surface area contributed by atoms with Crippen LogP contribution in [0.15, 0.2) is 4.52 Å². The van der Waals surface area contributed by atoms with Gasteiger partial charge in [0.25, 0.3) is 0 Å². The van der Waals surface area contributed by atoms with Crippen LogP contribution in [0.4, 0.5) is 0 Å². The van der Waals surface area contributed by atoms with E-state index in [1.54, 1.807) is 0 Å². The summed E-state index contributed by atoms with van der Waals surface area (Å²) in [5.74, 6) is 2.23. The molecule has 0 aliphatic heterocycles. The van der Waals surface area contributed by atoms with E-state index in [4.69, 9.17) is 4.52 Å². The smallest absolute Gasteiger partial charge is 0.228 e. The number of nitrogens with one attached hydrogen (secondary N) is 1. The monoisotopic (exact) mass is 251 g/mol. The second kappa shape index (κ2) is 6.88. The first-order valence-electron chi connectivity index (χ1n) is 7.29. The van der Waals surface area contributed by atoms with Crippen molar-refractivity contribution in [2.24, 2.45) is 0 Å². The molecule has 1 N–H and O–H groups in total. The molecule has 0 saturated heterocycles. The van der Waals surface area contributed by atoms with E-state index < -0.39 is 0 Å². The fraction of sp³-hybridized carbons (Fsp3) is 0.857. The van der Waals surface area contributed by atoms with E-state index in [0.717, 1.165) is 18.1 Å². The van der Waals surface area contributed by atoms with E-state index >= 15 is 0 Å². The molecular formula is C14H25N3O. The zero-order valence-corrected chi connectivity index (χ0v) is 11.6. The summed E-state index contributed by atoms with van der Waals surface area (Å²) in [6, 6.07) is 0.385. The molecular weight excluding hydrogens is 226 g/mol. The molecule has 0 bridgehead atoms. The highest BCUT2D eigenvalue weighted by atomic mass is 16.5. The second-order valence-electron chi connectivity index (χ2n) is 5.48. The molecule has 1 saturated carbocycles. The van der Waals surface area contributed by atoms with Gasteiger partial charge in [0.2, 0.25) is 5.89 Å². The van der Waals surface area contributed by atoms with Crippen molar-refractivity contribution < 1.29 is 4.52 Å². The summed E-state index contributed by atoms with van der Waals surface area (Å²) in [6.07, 6.45) is 9.99. The van der Waals surface area contributed by atoms with Crippen LogP contribution in [0.5, 0.6) is 0 Å². The maximum atomic E-state index is 5.36. The molecule has 1 aliphatic carbocycles. The van der Waals surface area contributed by atoms with E-state index in [9.17, 15) is 0 Å². The summed E-state index contributed by atoms with van der Waals surface area (Å²) in [7, 11) is 1.96. The normalized spacial score (nSPS) is 20.3. The maximum Gasteiger partial charge on any atom is 0.228 e. The van der Waals surface area contributed by atoms with Crippen LogP contribution in [0.1, 0.15) is 69.5 Å². The number of aromatic nitrogens is 2. The average molecular weight is 251 g/mol. The number of hydrogen-bond acceptors (Lipinski definition) is 4. The third-order valence-corrected chi connectivity index (χ3v) is 3.93. The highest BCUT2D eigenvalue weighted by molar-refractivity contribution is 4.97. The van der Waals surface area contributed by atoms with Gasteiger partial charge in [-0.05, 0) is 26.8 Å². The van der Waals surface area contributed by atoms with E-state index in [1.807, 2.05) is 7.05 Å². The van der Waals surface area contributed by atoms with Crippen molar-refractivity contribution in [3.8, 4) is 0 Å². The van der Waals surface area contributed by atoms with Gasteiger partial charge in [0.15, 0.2) is 5.82 Å². The third kappa shape index (κ3) is 3.80. The van der Waals surface area contributed by atoms with Gasteiger partial charge >= 0.3 is 0 Å². The van der Waals surface area contributed by atoms with Gasteiger partial charge in [0.05, 0.1) is 0 Å². The molecule has 1 heterocycles. The number of likely N-dealkylation sites (N-methyl/N-ethyl adjacent to an activating group) is 1. The Bertz CT molecular complexity index is 343. The quantitative estimate of drug-likeness (QED) is 0.893. The average Bonchev–Trinajstić information content (AvgIpc) is 2.77. The van der Waals surface area contributed by atoms with Gasteiger partial charge in [0, 0.05) is 18.4 Å². The molecule has 1 aromatic rings. The molecule has 1 unspecified atom stereocenters. The van der Waals surface area contributed by atoms with Crippen molar-refractivity contribution in [1.82, 2.24) is 15.5 Å². The Hall–Kier alpha value is -0.900. The summed E-state index contributed by atoms with van der Waals surface area (Å²) in [5, 5.41) is 7.38. The summed E-state index contributed by atoms with van der Waals surface area (Å²) in [4.78, 5) is 4.58. The van der Waals surface area contributed by atoms with Crippen molar-refractivity contribution in [2.75, 3.05) is 7.05 Å². The second-order valence-corrected chi connectivity index (χ2v) is 5.48. The van der Waals surface area contributed by atoms with Crippen molar-refractivity contribution >= 4 is 0 Å². The molecule has 2 rings (SSSR count). The minimum absolute atomic E-state index is 0.385. The van der Waals surface area contributed by atoms with E-state index in [0.29, 0.717) is 12.0 Å². The predicted octanol–water partition coefficient (Wildman–Crippen LogP) is 3.05. The highest BCUT2D eigenvalue weighted by Crippen LogP contribution is 2.29. The molecule has 0 spiro atoms. The number of rotatable bonds is 4. The summed E-state index contributed by atoms with van der Waals surface area (Å²) >= 11 is 0. The van der Waals surface area contributed by atoms with Crippen LogP contribution in [-0.2, 0) is 6.42 Å². The van der Waals surface area contributed by atoms with Crippen LogP contribution in [-0.4, -0.2) is 23.2 Å². The van der Waals surface area contributed by atoms with Gasteiger partial charge in [-0.2, -0.15) is 4.98 Å². The molecule has 1 fully saturated rings. The SMILES string of the molecule is CNC(C)Cc1nc(C2CCCCCCC2)no1. The lowest BCUT2D eigenvalue weighted by Gasteiger charge is -2.15. The Kier molecular flexibility index (Phi) is 5.17. The predicted molar refractivity (Wildman–Crippen MR) is 71.6 cm³/mol. The maximum absolute atomic E-state index is 5.36. The fourth-order valence-electron chi connectivity index (χ4n) is 2.60. The number of nitrogens with zero attached hydrogens (tertiary/aromatic N) is 2. The topological polar surface area (TPSA) is 51.0 Å². The molecule has 0 radical (unpaired) electrons. The van der Waals surface area contributed by atoms with Crippen molar-refractivity contribution in [2.45, 2.75) is 70.3 Å². The lowest BCUT2D eigenvalue weighted by molar-refractivity contribution is 0.352. The van der Waals surface area contributed by atoms with Crippen molar-refractivity contribution in [3.63, 3.8) is 0 Å². The minimum atomic E-state index is 0.385. The lowest BCUT2D eigenvalue weighted by Crippen LogP contribution is -2.23. The van der Waals surface area contributed by atoms with Gasteiger partial charge in [-0.1, -0.05) is 37.3 Å². The Morgan fingerprint density at radius 1 is 1.22 bits per heavy atom. The fourth-order valence-corrected chi connectivity index (χ4v) is 2.60. The zero-order chi connectivity index (χ0) is 12.8. The molecule has 4 nitrogen and oxygen atoms in total. The first-order chi connectivity index (χ1) is 8.79. The Labute approximate surface area is 110 Å². The first kappa shape index (κ1) is 13.5. The van der Waals surface area contributed by atoms with Gasteiger partial charge in [-0.3, -0.25) is 0 Å². The van der Waals surface area contributed by atoms with Crippen LogP contribution < -0.4 is 5.32 Å². The highest BCUT2D eigenvalue weighted by Gasteiger charge is 2.19. The molecule has 1 atom stereocenters. The van der Waals surface area contributed by atoms with Gasteiger partial charge in [0.1, 0.15) is 0 Å². The molecule has 1 aromatic heterocycles. The van der Waals surface area contributed by atoms with Crippen LogP contribution in [0.25, 0.3) is 0 Å². The molecule has 4 heteroatoms. The van der Waals surface area contributed by atoms with E-state index in [-0.39, 0.29) is 0 Å². The van der Waals surface area contributed by atoms with E-state index in [1.165, 1.54) is 44.9 Å². The lowest BCUT2D eigenvalue weighted by atomic mass is 9.91. The largest absolute Gasteiger partial charge is 0.339 e. The minimum Gasteiger partial charge on any atom is -0.339 e. The van der Waals surface area contributed by atoms with Gasteiger partial charge in [-0.25, -0.2) is 0 Å². The Balaban J connectivity index is 1.94. The Morgan fingerprint density at radius 2 is 1.89 bits per heavy atom. The van der Waals surface area contributed by atoms with E-state index in [2.05, 4.69) is 22.4 Å². The first-order valence-corrected chi connectivity index (χ1v) is 7.29. The summed E-state index contributed by atoms with van der Waals surface area (Å²) < 4.78 is 5.36. The molecule has 0 aromatic carbocycles.